The second-order valence-corrected chi connectivity index (χ2v) is 5.34. The topological polar surface area (TPSA) is 43.8 Å². The molecule has 2 N–H and O–H groups in total. The van der Waals surface area contributed by atoms with Gasteiger partial charge in [0, 0.05) is 4.47 Å². The molecule has 3 rings (SSSR count). The van der Waals surface area contributed by atoms with E-state index < -0.39 is 11.6 Å². The Morgan fingerprint density at radius 1 is 1.20 bits per heavy atom. The van der Waals surface area contributed by atoms with Crippen LogP contribution in [-0.2, 0) is 0 Å². The van der Waals surface area contributed by atoms with E-state index in [0.717, 1.165) is 16.1 Å². The van der Waals surface area contributed by atoms with Crippen molar-refractivity contribution in [2.75, 3.05) is 5.73 Å². The van der Waals surface area contributed by atoms with Crippen molar-refractivity contribution >= 4 is 32.9 Å². The van der Waals surface area contributed by atoms with Gasteiger partial charge in [0.1, 0.15) is 5.52 Å². The molecule has 0 bridgehead atoms. The maximum absolute atomic E-state index is 14.1. The molecule has 0 spiro atoms. The van der Waals surface area contributed by atoms with Crippen molar-refractivity contribution < 1.29 is 8.78 Å². The van der Waals surface area contributed by atoms with Crippen molar-refractivity contribution in [3.8, 4) is 5.69 Å². The van der Waals surface area contributed by atoms with Gasteiger partial charge < -0.3 is 5.73 Å². The molecule has 0 aliphatic carbocycles. The zero-order valence-corrected chi connectivity index (χ0v) is 12.1. The summed E-state index contributed by atoms with van der Waals surface area (Å²) in [6.07, 6.45) is 0. The van der Waals surface area contributed by atoms with Gasteiger partial charge in [0.2, 0.25) is 5.95 Å². The van der Waals surface area contributed by atoms with Crippen molar-refractivity contribution in [1.29, 1.82) is 0 Å². The molecule has 3 aromatic rings. The molecule has 1 heterocycles. The van der Waals surface area contributed by atoms with E-state index in [1.165, 1.54) is 10.6 Å². The van der Waals surface area contributed by atoms with Crippen molar-refractivity contribution in [3.05, 3.63) is 52.0 Å². The Kier molecular flexibility index (Phi) is 2.97. The number of anilines is 1. The zero-order valence-electron chi connectivity index (χ0n) is 10.5. The minimum Gasteiger partial charge on any atom is -0.369 e. The third-order valence-electron chi connectivity index (χ3n) is 3.08. The number of hydrogen-bond acceptors (Lipinski definition) is 2. The van der Waals surface area contributed by atoms with Gasteiger partial charge in [0.25, 0.3) is 0 Å². The number of hydrogen-bond donors (Lipinski definition) is 1. The maximum Gasteiger partial charge on any atom is 0.206 e. The molecular formula is C14H10BrF2N3. The molecule has 0 saturated heterocycles. The lowest BCUT2D eigenvalue weighted by molar-refractivity contribution is 0.514. The van der Waals surface area contributed by atoms with E-state index in [4.69, 9.17) is 5.73 Å². The third kappa shape index (κ3) is 1.87. The van der Waals surface area contributed by atoms with Gasteiger partial charge in [-0.1, -0.05) is 6.07 Å². The molecule has 0 saturated carbocycles. The summed E-state index contributed by atoms with van der Waals surface area (Å²) in [5.74, 6) is -1.78. The third-order valence-corrected chi connectivity index (χ3v) is 3.71. The maximum atomic E-state index is 14.1. The summed E-state index contributed by atoms with van der Waals surface area (Å²) in [4.78, 5) is 4.07. The first-order chi connectivity index (χ1) is 9.49. The number of aryl methyl sites for hydroxylation is 1. The van der Waals surface area contributed by atoms with Crippen LogP contribution in [-0.4, -0.2) is 9.55 Å². The zero-order chi connectivity index (χ0) is 14.4. The number of fused-ring (bicyclic) bond motifs is 1. The highest BCUT2D eigenvalue weighted by atomic mass is 79.9. The molecule has 0 unspecified atom stereocenters. The Labute approximate surface area is 122 Å². The van der Waals surface area contributed by atoms with Gasteiger partial charge >= 0.3 is 0 Å². The van der Waals surface area contributed by atoms with Gasteiger partial charge in [-0.3, -0.25) is 4.57 Å². The summed E-state index contributed by atoms with van der Waals surface area (Å²) in [6, 6.07) is 7.96. The van der Waals surface area contributed by atoms with Crippen LogP contribution in [0.3, 0.4) is 0 Å². The van der Waals surface area contributed by atoms with E-state index in [1.54, 1.807) is 6.07 Å². The fourth-order valence-electron chi connectivity index (χ4n) is 2.16. The summed E-state index contributed by atoms with van der Waals surface area (Å²) in [5.41, 5.74) is 7.85. The highest BCUT2D eigenvalue weighted by molar-refractivity contribution is 9.10. The first-order valence-corrected chi connectivity index (χ1v) is 6.67. The average Bonchev–Trinajstić information content (AvgIpc) is 2.72. The van der Waals surface area contributed by atoms with Crippen LogP contribution in [0.25, 0.3) is 16.7 Å². The van der Waals surface area contributed by atoms with E-state index in [1.807, 2.05) is 19.1 Å². The van der Waals surface area contributed by atoms with Gasteiger partial charge in [0.05, 0.1) is 11.2 Å². The summed E-state index contributed by atoms with van der Waals surface area (Å²) in [7, 11) is 0. The van der Waals surface area contributed by atoms with E-state index in [2.05, 4.69) is 20.9 Å². The molecular weight excluding hydrogens is 328 g/mol. The summed E-state index contributed by atoms with van der Waals surface area (Å²) >= 11 is 3.41. The summed E-state index contributed by atoms with van der Waals surface area (Å²) < 4.78 is 29.6. The molecule has 0 atom stereocenters. The molecule has 20 heavy (non-hydrogen) atoms. The number of rotatable bonds is 1. The minimum atomic E-state index is -0.959. The molecule has 0 aliphatic heterocycles. The Hall–Kier alpha value is -1.95. The number of nitrogens with two attached hydrogens (primary N) is 1. The first kappa shape index (κ1) is 13.1. The van der Waals surface area contributed by atoms with Crippen LogP contribution in [0, 0.1) is 18.6 Å². The van der Waals surface area contributed by atoms with Gasteiger partial charge in [-0.15, -0.1) is 0 Å². The lowest BCUT2D eigenvalue weighted by Crippen LogP contribution is -2.03. The smallest absolute Gasteiger partial charge is 0.206 e. The van der Waals surface area contributed by atoms with Crippen LogP contribution in [0.15, 0.2) is 34.8 Å². The normalized spacial score (nSPS) is 11.2. The lowest BCUT2D eigenvalue weighted by Gasteiger charge is -2.10. The molecule has 0 aliphatic rings. The Balaban J connectivity index is 2.41. The fourth-order valence-corrected chi connectivity index (χ4v) is 2.83. The van der Waals surface area contributed by atoms with Crippen molar-refractivity contribution in [2.45, 2.75) is 6.92 Å². The second kappa shape index (κ2) is 4.56. The number of halogens is 3. The number of aromatic nitrogens is 2. The monoisotopic (exact) mass is 337 g/mol. The van der Waals surface area contributed by atoms with Gasteiger partial charge in [-0.25, -0.2) is 13.8 Å². The van der Waals surface area contributed by atoms with Crippen LogP contribution in [0.1, 0.15) is 5.56 Å². The van der Waals surface area contributed by atoms with Gasteiger partial charge in [-0.05, 0) is 52.7 Å². The number of nitrogen functional groups attached to an aromatic ring is 1. The summed E-state index contributed by atoms with van der Waals surface area (Å²) in [6.45, 7) is 1.93. The minimum absolute atomic E-state index is 0.0343. The molecule has 0 amide bonds. The van der Waals surface area contributed by atoms with Gasteiger partial charge in [0.15, 0.2) is 11.6 Å². The molecule has 1 aromatic heterocycles. The molecule has 6 heteroatoms. The second-order valence-electron chi connectivity index (χ2n) is 4.49. The number of benzene rings is 2. The van der Waals surface area contributed by atoms with E-state index in [0.29, 0.717) is 11.2 Å². The molecule has 3 nitrogen and oxygen atoms in total. The van der Waals surface area contributed by atoms with Gasteiger partial charge in [-0.2, -0.15) is 0 Å². The highest BCUT2D eigenvalue weighted by Crippen LogP contribution is 2.31. The van der Waals surface area contributed by atoms with E-state index in [-0.39, 0.29) is 11.5 Å². The van der Waals surface area contributed by atoms with Crippen molar-refractivity contribution in [1.82, 2.24) is 9.55 Å². The van der Waals surface area contributed by atoms with E-state index in [9.17, 15) is 8.78 Å². The average molecular weight is 338 g/mol. The quantitative estimate of drug-likeness (QED) is 0.730. The van der Waals surface area contributed by atoms with Crippen LogP contribution in [0.5, 0.6) is 0 Å². The standard InChI is InChI=1S/C14H10BrF2N3/c1-7-2-5-11(8(15)6-7)20-13-10(19-14(20)18)4-3-9(16)12(13)17/h2-6H,1H3,(H2,18,19). The Bertz CT molecular complexity index is 827. The van der Waals surface area contributed by atoms with Crippen LogP contribution >= 0.6 is 15.9 Å². The Morgan fingerprint density at radius 3 is 2.65 bits per heavy atom. The van der Waals surface area contributed by atoms with Crippen LogP contribution in [0.2, 0.25) is 0 Å². The lowest BCUT2D eigenvalue weighted by atomic mass is 10.2. The summed E-state index contributed by atoms with van der Waals surface area (Å²) in [5, 5.41) is 0. The Morgan fingerprint density at radius 2 is 1.95 bits per heavy atom. The predicted molar refractivity (Wildman–Crippen MR) is 77.8 cm³/mol. The van der Waals surface area contributed by atoms with Crippen molar-refractivity contribution in [2.24, 2.45) is 0 Å². The highest BCUT2D eigenvalue weighted by Gasteiger charge is 2.18. The predicted octanol–water partition coefficient (Wildman–Crippen LogP) is 3.96. The number of imidazole rings is 1. The SMILES string of the molecule is Cc1ccc(-n2c(N)nc3ccc(F)c(F)c32)c(Br)c1. The van der Waals surface area contributed by atoms with Crippen LogP contribution < -0.4 is 5.73 Å². The molecule has 102 valence electrons. The van der Waals surface area contributed by atoms with E-state index >= 15 is 0 Å². The molecule has 0 radical (unpaired) electrons. The number of nitrogens with zero attached hydrogens (tertiary/aromatic N) is 2. The van der Waals surface area contributed by atoms with Crippen LogP contribution in [0.4, 0.5) is 14.7 Å². The molecule has 2 aromatic carbocycles. The first-order valence-electron chi connectivity index (χ1n) is 5.87. The fraction of sp³-hybridized carbons (Fsp3) is 0.0714. The molecule has 0 fully saturated rings. The largest absolute Gasteiger partial charge is 0.369 e. The van der Waals surface area contributed by atoms with Crippen molar-refractivity contribution in [3.63, 3.8) is 0 Å².